The normalized spacial score (nSPS) is 17.3. The van der Waals surface area contributed by atoms with Gasteiger partial charge in [-0.15, -0.1) is 0 Å². The zero-order chi connectivity index (χ0) is 6.85. The van der Waals surface area contributed by atoms with Gasteiger partial charge in [0.2, 0.25) is 0 Å². The lowest BCUT2D eigenvalue weighted by atomic mass is 10.1. The van der Waals surface area contributed by atoms with E-state index in [0.29, 0.717) is 0 Å². The smallest absolute Gasteiger partial charge is 0.112 e. The van der Waals surface area contributed by atoms with E-state index in [1.165, 1.54) is 0 Å². The molecule has 0 unspecified atom stereocenters. The molecule has 0 atom stereocenters. The van der Waals surface area contributed by atoms with Crippen molar-refractivity contribution in [1.29, 1.82) is 0 Å². The molecule has 0 saturated carbocycles. The largest absolute Gasteiger partial charge is 0.852 e. The van der Waals surface area contributed by atoms with Gasteiger partial charge in [-0.2, -0.15) is 0 Å². The van der Waals surface area contributed by atoms with Crippen LogP contribution < -0.4 is 5.11 Å². The minimum absolute atomic E-state index is 0.0729. The lowest BCUT2D eigenvalue weighted by Crippen LogP contribution is -2.06. The first kappa shape index (κ1) is 6.06. The molecule has 46 valence electrons. The second-order valence-corrected chi connectivity index (χ2v) is 2.18. The summed E-state index contributed by atoms with van der Waals surface area (Å²) in [5.41, 5.74) is 4.84. The van der Waals surface area contributed by atoms with E-state index >= 15 is 0 Å². The minimum atomic E-state index is 0.0729. The van der Waals surface area contributed by atoms with Crippen LogP contribution in [0.5, 0.6) is 0 Å². The average Bonchev–Trinajstić information content (AvgIpc) is 1.59. The Bertz CT molecular complexity index is 215. The van der Waals surface area contributed by atoms with Gasteiger partial charge in [-0.1, -0.05) is 0 Å². The molecule has 0 radical (unpaired) electrons. The molecule has 0 bridgehead atoms. The molecular formula is C8H8O. The Morgan fingerprint density at radius 2 is 2.22 bits per heavy atom. The Hall–Kier alpha value is -1.07. The summed E-state index contributed by atoms with van der Waals surface area (Å²) < 4.78 is 0. The highest BCUT2D eigenvalue weighted by atomic mass is 16.3. The van der Waals surface area contributed by atoms with Crippen molar-refractivity contribution in [3.63, 3.8) is 0 Å². The fourth-order valence-electron chi connectivity index (χ4n) is 0.852. The van der Waals surface area contributed by atoms with E-state index in [0.717, 1.165) is 11.1 Å². The van der Waals surface area contributed by atoms with Crippen LogP contribution in [0.2, 0.25) is 0 Å². The Labute approximate surface area is 55.0 Å². The Balaban J connectivity index is 2.99. The first-order chi connectivity index (χ1) is 4.18. The summed E-state index contributed by atoms with van der Waals surface area (Å²) >= 11 is 0. The van der Waals surface area contributed by atoms with Crippen LogP contribution >= 0.6 is 0 Å². The van der Waals surface area contributed by atoms with Crippen LogP contribution in [-0.2, 0) is 0 Å². The van der Waals surface area contributed by atoms with Crippen LogP contribution in [0.4, 0.5) is 0 Å². The molecule has 0 aromatic carbocycles. The van der Waals surface area contributed by atoms with E-state index < -0.39 is 0 Å². The molecule has 0 saturated heterocycles. The van der Waals surface area contributed by atoms with Crippen molar-refractivity contribution < 1.29 is 5.11 Å². The lowest BCUT2D eigenvalue weighted by Gasteiger charge is -2.04. The molecule has 0 aromatic rings. The van der Waals surface area contributed by atoms with Crippen LogP contribution in [0.1, 0.15) is 13.8 Å². The highest BCUT2D eigenvalue weighted by molar-refractivity contribution is 5.35. The lowest BCUT2D eigenvalue weighted by molar-refractivity contribution is -0.298. The first-order valence-electron chi connectivity index (χ1n) is 2.86. The predicted octanol–water partition coefficient (Wildman–Crippen LogP) is 0.940. The van der Waals surface area contributed by atoms with Gasteiger partial charge in [-0.25, -0.2) is 0 Å². The van der Waals surface area contributed by atoms with Crippen LogP contribution in [-0.4, -0.2) is 0 Å². The van der Waals surface area contributed by atoms with Crippen molar-refractivity contribution in [3.8, 4) is 0 Å². The SMILES string of the molecule is CC1=C=C(C)[CH+]C([O-])=C1. The van der Waals surface area contributed by atoms with Gasteiger partial charge >= 0.3 is 0 Å². The van der Waals surface area contributed by atoms with E-state index in [4.69, 9.17) is 0 Å². The maximum Gasteiger partial charge on any atom is 0.112 e. The third-order valence-electron chi connectivity index (χ3n) is 1.11. The summed E-state index contributed by atoms with van der Waals surface area (Å²) in [7, 11) is 0. The Morgan fingerprint density at radius 1 is 1.56 bits per heavy atom. The predicted molar refractivity (Wildman–Crippen MR) is 34.3 cm³/mol. The van der Waals surface area contributed by atoms with Crippen molar-refractivity contribution in [2.75, 3.05) is 0 Å². The van der Waals surface area contributed by atoms with Gasteiger partial charge in [-0.3, -0.25) is 0 Å². The second kappa shape index (κ2) is 2.04. The van der Waals surface area contributed by atoms with E-state index in [-0.39, 0.29) is 5.76 Å². The summed E-state index contributed by atoms with van der Waals surface area (Å²) in [6.45, 7) is 3.74. The molecule has 1 heteroatoms. The third-order valence-corrected chi connectivity index (χ3v) is 1.11. The summed E-state index contributed by atoms with van der Waals surface area (Å²) in [4.78, 5) is 0. The molecule has 0 N–H and O–H groups in total. The molecule has 0 heterocycles. The van der Waals surface area contributed by atoms with Gasteiger partial charge in [0.15, 0.2) is 0 Å². The molecule has 9 heavy (non-hydrogen) atoms. The van der Waals surface area contributed by atoms with Crippen molar-refractivity contribution in [3.05, 3.63) is 35.1 Å². The molecule has 0 aromatic heterocycles. The van der Waals surface area contributed by atoms with Crippen LogP contribution in [0.15, 0.2) is 28.7 Å². The molecule has 1 rings (SSSR count). The quantitative estimate of drug-likeness (QED) is 0.344. The molecule has 1 aliphatic rings. The fraction of sp³-hybridized carbons (Fsp3) is 0.250. The zero-order valence-corrected chi connectivity index (χ0v) is 5.56. The molecule has 0 amide bonds. The van der Waals surface area contributed by atoms with Gasteiger partial charge in [0.1, 0.15) is 11.1 Å². The average molecular weight is 120 g/mol. The summed E-state index contributed by atoms with van der Waals surface area (Å²) in [6, 6.07) is 0. The number of hydrogen-bond acceptors (Lipinski definition) is 1. The standard InChI is InChI=1S/C8H8O/c1-6-3-7(2)5-8(9)4-6/h4-5H,1-2H3. The van der Waals surface area contributed by atoms with E-state index in [9.17, 15) is 5.11 Å². The van der Waals surface area contributed by atoms with Crippen molar-refractivity contribution >= 4 is 0 Å². The topological polar surface area (TPSA) is 23.1 Å². The molecule has 1 nitrogen and oxygen atoms in total. The van der Waals surface area contributed by atoms with E-state index in [2.05, 4.69) is 5.73 Å². The van der Waals surface area contributed by atoms with Gasteiger partial charge in [0.05, 0.1) is 0 Å². The zero-order valence-electron chi connectivity index (χ0n) is 5.56. The van der Waals surface area contributed by atoms with E-state index in [1.54, 1.807) is 12.5 Å². The molecule has 0 fully saturated rings. The number of rotatable bonds is 0. The van der Waals surface area contributed by atoms with Crippen LogP contribution in [0.3, 0.4) is 0 Å². The van der Waals surface area contributed by atoms with Gasteiger partial charge < -0.3 is 5.11 Å². The number of allylic oxidation sites excluding steroid dienone is 2. The van der Waals surface area contributed by atoms with Gasteiger partial charge in [-0.05, 0) is 13.8 Å². The molecule has 0 spiro atoms. The van der Waals surface area contributed by atoms with Gasteiger partial charge in [0, 0.05) is 24.0 Å². The Morgan fingerprint density at radius 3 is 2.67 bits per heavy atom. The van der Waals surface area contributed by atoms with Crippen molar-refractivity contribution in [2.45, 2.75) is 13.8 Å². The monoisotopic (exact) mass is 120 g/mol. The molecule has 1 aliphatic carbocycles. The van der Waals surface area contributed by atoms with Crippen LogP contribution in [0, 0.1) is 6.42 Å². The highest BCUT2D eigenvalue weighted by Gasteiger charge is 2.03. The molecular weight excluding hydrogens is 112 g/mol. The second-order valence-electron chi connectivity index (χ2n) is 2.18. The summed E-state index contributed by atoms with van der Waals surface area (Å²) in [5.74, 6) is 0.0729. The van der Waals surface area contributed by atoms with Gasteiger partial charge in [0.25, 0.3) is 0 Å². The van der Waals surface area contributed by atoms with Crippen LogP contribution in [0.25, 0.3) is 0 Å². The number of hydrogen-bond donors (Lipinski definition) is 0. The van der Waals surface area contributed by atoms with Crippen molar-refractivity contribution in [1.82, 2.24) is 0 Å². The Kier molecular flexibility index (Phi) is 1.37. The maximum absolute atomic E-state index is 10.7. The maximum atomic E-state index is 10.7. The minimum Gasteiger partial charge on any atom is -0.852 e. The molecule has 0 aliphatic heterocycles. The first-order valence-corrected chi connectivity index (χ1v) is 2.86. The van der Waals surface area contributed by atoms with E-state index in [1.807, 2.05) is 13.8 Å². The third kappa shape index (κ3) is 1.41. The van der Waals surface area contributed by atoms with Crippen molar-refractivity contribution in [2.24, 2.45) is 0 Å². The highest BCUT2D eigenvalue weighted by Crippen LogP contribution is 2.11. The summed E-state index contributed by atoms with van der Waals surface area (Å²) in [6.07, 6.45) is 3.15. The summed E-state index contributed by atoms with van der Waals surface area (Å²) in [5, 5.41) is 10.7. The fourth-order valence-corrected chi connectivity index (χ4v) is 0.852.